The molecule has 3 rings (SSSR count). The molecule has 0 bridgehead atoms. The van der Waals surface area contributed by atoms with E-state index in [1.165, 1.54) is 12.8 Å². The summed E-state index contributed by atoms with van der Waals surface area (Å²) >= 11 is 0. The minimum Gasteiger partial charge on any atom is -0.350 e. The number of hydrogen-bond donors (Lipinski definition) is 2. The summed E-state index contributed by atoms with van der Waals surface area (Å²) in [4.78, 5) is 16.0. The first-order valence-corrected chi connectivity index (χ1v) is 6.06. The molecule has 1 fully saturated rings. The number of aromatic nitrogens is 3. The van der Waals surface area contributed by atoms with Crippen LogP contribution in [0.5, 0.6) is 0 Å². The van der Waals surface area contributed by atoms with Crippen LogP contribution in [0.25, 0.3) is 11.1 Å². The van der Waals surface area contributed by atoms with Gasteiger partial charge < -0.3 is 5.32 Å². The molecule has 1 aliphatic carbocycles. The lowest BCUT2D eigenvalue weighted by Crippen LogP contribution is -2.26. The van der Waals surface area contributed by atoms with Crippen molar-refractivity contribution < 1.29 is 4.79 Å². The summed E-state index contributed by atoms with van der Waals surface area (Å²) in [5, 5.41) is 9.65. The lowest BCUT2D eigenvalue weighted by atomic mass is 10.1. The van der Waals surface area contributed by atoms with Crippen LogP contribution >= 0.6 is 0 Å². The predicted octanol–water partition coefficient (Wildman–Crippen LogP) is 1.61. The Bertz CT molecular complexity index is 545. The van der Waals surface area contributed by atoms with E-state index in [0.717, 1.165) is 17.7 Å². The van der Waals surface area contributed by atoms with Crippen molar-refractivity contribution in [2.45, 2.75) is 12.8 Å². The Morgan fingerprint density at radius 3 is 2.89 bits per heavy atom. The Hall–Kier alpha value is -2.17. The average Bonchev–Trinajstić information content (AvgIpc) is 3.11. The number of carbonyl (C=O) groups is 1. The first-order chi connectivity index (χ1) is 8.84. The SMILES string of the molecule is O=C(NCC1CC1)c1[nH]ncc1-c1ccncc1. The molecule has 5 heteroatoms. The van der Waals surface area contributed by atoms with E-state index in [9.17, 15) is 4.79 Å². The molecule has 0 unspecified atom stereocenters. The molecule has 92 valence electrons. The zero-order valence-electron chi connectivity index (χ0n) is 9.89. The third-order valence-corrected chi connectivity index (χ3v) is 3.11. The van der Waals surface area contributed by atoms with E-state index < -0.39 is 0 Å². The van der Waals surface area contributed by atoms with E-state index in [-0.39, 0.29) is 5.91 Å². The van der Waals surface area contributed by atoms with E-state index in [1.54, 1.807) is 18.6 Å². The maximum Gasteiger partial charge on any atom is 0.269 e. The third-order valence-electron chi connectivity index (χ3n) is 3.11. The largest absolute Gasteiger partial charge is 0.350 e. The van der Waals surface area contributed by atoms with Crippen molar-refractivity contribution in [3.8, 4) is 11.1 Å². The summed E-state index contributed by atoms with van der Waals surface area (Å²) in [7, 11) is 0. The topological polar surface area (TPSA) is 70.7 Å². The Morgan fingerprint density at radius 2 is 2.17 bits per heavy atom. The molecule has 2 N–H and O–H groups in total. The van der Waals surface area contributed by atoms with Crippen LogP contribution in [0.2, 0.25) is 0 Å². The smallest absolute Gasteiger partial charge is 0.269 e. The minimum absolute atomic E-state index is 0.0915. The first-order valence-electron chi connectivity index (χ1n) is 6.06. The summed E-state index contributed by atoms with van der Waals surface area (Å²) < 4.78 is 0. The monoisotopic (exact) mass is 242 g/mol. The molecule has 2 aromatic heterocycles. The van der Waals surface area contributed by atoms with Gasteiger partial charge in [0.1, 0.15) is 5.69 Å². The van der Waals surface area contributed by atoms with Gasteiger partial charge in [0.15, 0.2) is 0 Å². The Balaban J connectivity index is 1.80. The number of aromatic amines is 1. The summed E-state index contributed by atoms with van der Waals surface area (Å²) in [6, 6.07) is 3.73. The van der Waals surface area contributed by atoms with Crippen molar-refractivity contribution in [2.24, 2.45) is 5.92 Å². The number of nitrogens with zero attached hydrogens (tertiary/aromatic N) is 2. The molecule has 0 saturated heterocycles. The highest BCUT2D eigenvalue weighted by molar-refractivity contribution is 5.98. The van der Waals surface area contributed by atoms with Gasteiger partial charge in [-0.3, -0.25) is 14.9 Å². The maximum absolute atomic E-state index is 12.0. The van der Waals surface area contributed by atoms with E-state index in [2.05, 4.69) is 20.5 Å². The molecule has 0 spiro atoms. The fraction of sp³-hybridized carbons (Fsp3) is 0.308. The lowest BCUT2D eigenvalue weighted by Gasteiger charge is -2.04. The minimum atomic E-state index is -0.0915. The normalized spacial score (nSPS) is 14.4. The molecule has 18 heavy (non-hydrogen) atoms. The van der Waals surface area contributed by atoms with Crippen LogP contribution in [0.1, 0.15) is 23.3 Å². The lowest BCUT2D eigenvalue weighted by molar-refractivity contribution is 0.0947. The standard InChI is InChI=1S/C13H14N4O/c18-13(15-7-9-1-2-9)12-11(8-16-17-12)10-3-5-14-6-4-10/h3-6,8-9H,1-2,7H2,(H,15,18)(H,16,17). The van der Waals surface area contributed by atoms with E-state index in [4.69, 9.17) is 0 Å². The van der Waals surface area contributed by atoms with Gasteiger partial charge in [-0.1, -0.05) is 0 Å². The van der Waals surface area contributed by atoms with Crippen LogP contribution in [0.4, 0.5) is 0 Å². The molecular formula is C13H14N4O. The van der Waals surface area contributed by atoms with E-state index >= 15 is 0 Å². The Labute approximate surface area is 105 Å². The van der Waals surface area contributed by atoms with Gasteiger partial charge in [0.25, 0.3) is 5.91 Å². The number of hydrogen-bond acceptors (Lipinski definition) is 3. The van der Waals surface area contributed by atoms with Crippen LogP contribution in [-0.2, 0) is 0 Å². The van der Waals surface area contributed by atoms with Gasteiger partial charge in [-0.25, -0.2) is 0 Å². The van der Waals surface area contributed by atoms with Crippen molar-refractivity contribution in [3.63, 3.8) is 0 Å². The second-order valence-corrected chi connectivity index (χ2v) is 4.55. The summed E-state index contributed by atoms with van der Waals surface area (Å²) in [5.41, 5.74) is 2.27. The van der Waals surface area contributed by atoms with Gasteiger partial charge in [0, 0.05) is 24.5 Å². The van der Waals surface area contributed by atoms with Crippen LogP contribution in [0.3, 0.4) is 0 Å². The first kappa shape index (κ1) is 11.0. The quantitative estimate of drug-likeness (QED) is 0.855. The Morgan fingerprint density at radius 1 is 1.39 bits per heavy atom. The van der Waals surface area contributed by atoms with Gasteiger partial charge in [0.05, 0.1) is 6.20 Å². The summed E-state index contributed by atoms with van der Waals surface area (Å²) in [6.45, 7) is 0.758. The Kier molecular flexibility index (Phi) is 2.80. The van der Waals surface area contributed by atoms with Crippen LogP contribution in [-0.4, -0.2) is 27.6 Å². The molecule has 2 aromatic rings. The van der Waals surface area contributed by atoms with Gasteiger partial charge in [0.2, 0.25) is 0 Å². The van der Waals surface area contributed by atoms with Gasteiger partial charge in [-0.05, 0) is 36.5 Å². The van der Waals surface area contributed by atoms with E-state index in [1.807, 2.05) is 12.1 Å². The van der Waals surface area contributed by atoms with Gasteiger partial charge in [-0.2, -0.15) is 5.10 Å². The fourth-order valence-electron chi connectivity index (χ4n) is 1.86. The molecule has 1 saturated carbocycles. The highest BCUT2D eigenvalue weighted by Crippen LogP contribution is 2.28. The zero-order valence-corrected chi connectivity index (χ0v) is 9.89. The number of H-pyrrole nitrogens is 1. The number of carbonyl (C=O) groups excluding carboxylic acids is 1. The highest BCUT2D eigenvalue weighted by atomic mass is 16.1. The van der Waals surface area contributed by atoms with Crippen molar-refractivity contribution in [1.82, 2.24) is 20.5 Å². The molecule has 0 atom stereocenters. The third kappa shape index (κ3) is 2.25. The molecule has 0 aliphatic heterocycles. The number of pyridine rings is 1. The van der Waals surface area contributed by atoms with Gasteiger partial charge >= 0.3 is 0 Å². The maximum atomic E-state index is 12.0. The van der Waals surface area contributed by atoms with Crippen LogP contribution in [0.15, 0.2) is 30.7 Å². The van der Waals surface area contributed by atoms with Crippen molar-refractivity contribution >= 4 is 5.91 Å². The van der Waals surface area contributed by atoms with Crippen LogP contribution in [0, 0.1) is 5.92 Å². The molecule has 1 aliphatic rings. The average molecular weight is 242 g/mol. The molecule has 2 heterocycles. The highest BCUT2D eigenvalue weighted by Gasteiger charge is 2.23. The van der Waals surface area contributed by atoms with Gasteiger partial charge in [-0.15, -0.1) is 0 Å². The van der Waals surface area contributed by atoms with Crippen molar-refractivity contribution in [3.05, 3.63) is 36.4 Å². The second-order valence-electron chi connectivity index (χ2n) is 4.55. The zero-order chi connectivity index (χ0) is 12.4. The summed E-state index contributed by atoms with van der Waals surface area (Å²) in [6.07, 6.45) is 7.52. The molecule has 0 radical (unpaired) electrons. The molecule has 5 nitrogen and oxygen atoms in total. The predicted molar refractivity (Wildman–Crippen MR) is 66.9 cm³/mol. The van der Waals surface area contributed by atoms with E-state index in [0.29, 0.717) is 11.6 Å². The second kappa shape index (κ2) is 4.60. The summed E-state index contributed by atoms with van der Waals surface area (Å²) in [5.74, 6) is 0.576. The number of rotatable bonds is 4. The van der Waals surface area contributed by atoms with Crippen molar-refractivity contribution in [2.75, 3.05) is 6.54 Å². The van der Waals surface area contributed by atoms with Crippen molar-refractivity contribution in [1.29, 1.82) is 0 Å². The van der Waals surface area contributed by atoms with Crippen LogP contribution < -0.4 is 5.32 Å². The fourth-order valence-corrected chi connectivity index (χ4v) is 1.86. The molecular weight excluding hydrogens is 228 g/mol. The number of nitrogens with one attached hydrogen (secondary N) is 2. The number of amides is 1. The molecule has 1 amide bonds. The molecule has 0 aromatic carbocycles.